The van der Waals surface area contributed by atoms with Crippen LogP contribution < -0.4 is 4.72 Å². The number of nitro benzene ring substituents is 1. The van der Waals surface area contributed by atoms with Crippen LogP contribution in [0.5, 0.6) is 0 Å². The first-order valence-corrected chi connectivity index (χ1v) is 9.55. The van der Waals surface area contributed by atoms with E-state index in [-0.39, 0.29) is 16.6 Å². The summed E-state index contributed by atoms with van der Waals surface area (Å²) >= 11 is 0. The van der Waals surface area contributed by atoms with E-state index in [0.717, 1.165) is 12.1 Å². The smallest absolute Gasteiger partial charge is 0.269 e. The van der Waals surface area contributed by atoms with Crippen molar-refractivity contribution in [2.45, 2.75) is 24.8 Å². The van der Waals surface area contributed by atoms with Gasteiger partial charge in [0.25, 0.3) is 15.7 Å². The molecule has 0 unspecified atom stereocenters. The van der Waals surface area contributed by atoms with Crippen LogP contribution in [0.1, 0.15) is 19.9 Å². The van der Waals surface area contributed by atoms with E-state index in [9.17, 15) is 18.5 Å². The number of sulfonamides is 1. The van der Waals surface area contributed by atoms with E-state index in [1.807, 2.05) is 13.8 Å². The quantitative estimate of drug-likeness (QED) is 0.512. The predicted octanol–water partition coefficient (Wildman–Crippen LogP) is 3.24. The highest BCUT2D eigenvalue weighted by Gasteiger charge is 2.19. The van der Waals surface area contributed by atoms with Crippen LogP contribution in [-0.2, 0) is 10.0 Å². The summed E-state index contributed by atoms with van der Waals surface area (Å²) in [6, 6.07) is 11.6. The number of benzene rings is 2. The molecule has 0 aliphatic rings. The Morgan fingerprint density at radius 3 is 2.37 bits per heavy atom. The van der Waals surface area contributed by atoms with Crippen molar-refractivity contribution in [3.8, 4) is 11.3 Å². The van der Waals surface area contributed by atoms with Crippen molar-refractivity contribution in [1.82, 2.24) is 15.0 Å². The van der Waals surface area contributed by atoms with Gasteiger partial charge in [0, 0.05) is 23.7 Å². The first-order chi connectivity index (χ1) is 12.8. The van der Waals surface area contributed by atoms with Crippen LogP contribution >= 0.6 is 0 Å². The van der Waals surface area contributed by atoms with Crippen LogP contribution in [0.2, 0.25) is 0 Å². The Kier molecular flexibility index (Phi) is 4.91. The normalized spacial score (nSPS) is 11.5. The van der Waals surface area contributed by atoms with Gasteiger partial charge in [-0.25, -0.2) is 13.1 Å². The summed E-state index contributed by atoms with van der Waals surface area (Å²) in [6.07, 6.45) is 1.74. The third-order valence-electron chi connectivity index (χ3n) is 3.84. The summed E-state index contributed by atoms with van der Waals surface area (Å²) in [5.74, 6) is 0. The Hall–Kier alpha value is -3.27. The Morgan fingerprint density at radius 2 is 1.78 bits per heavy atom. The fraction of sp³-hybridized carbons (Fsp3) is 0.176. The predicted molar refractivity (Wildman–Crippen MR) is 99.7 cm³/mol. The third kappa shape index (κ3) is 3.95. The number of hydrogen-bond donors (Lipinski definition) is 1. The zero-order valence-electron chi connectivity index (χ0n) is 14.6. The standard InChI is InChI=1S/C17H17N5O4S/c1-12(2)21-11-17(18-20-21)15-5-3-4-6-16(15)19-27(25,26)14-9-7-13(8-10-14)22(23)24/h3-12,19H,1-2H3. The SMILES string of the molecule is CC(C)n1cc(-c2ccccc2NS(=O)(=O)c2ccc([N+](=O)[O-])cc2)nn1. The van der Waals surface area contributed by atoms with Gasteiger partial charge in [-0.1, -0.05) is 23.4 Å². The number of anilines is 1. The summed E-state index contributed by atoms with van der Waals surface area (Å²) in [7, 11) is -3.92. The van der Waals surface area contributed by atoms with E-state index >= 15 is 0 Å². The largest absolute Gasteiger partial charge is 0.279 e. The van der Waals surface area contributed by atoms with Gasteiger partial charge >= 0.3 is 0 Å². The minimum Gasteiger partial charge on any atom is -0.279 e. The minimum absolute atomic E-state index is 0.0752. The average Bonchev–Trinajstić information content (AvgIpc) is 3.12. The number of hydrogen-bond acceptors (Lipinski definition) is 6. The molecule has 3 rings (SSSR count). The van der Waals surface area contributed by atoms with Gasteiger partial charge in [0.15, 0.2) is 0 Å². The lowest BCUT2D eigenvalue weighted by Gasteiger charge is -2.11. The van der Waals surface area contributed by atoms with E-state index in [1.165, 1.54) is 12.1 Å². The molecule has 0 atom stereocenters. The van der Waals surface area contributed by atoms with Crippen molar-refractivity contribution in [2.24, 2.45) is 0 Å². The maximum absolute atomic E-state index is 12.7. The summed E-state index contributed by atoms with van der Waals surface area (Å²) in [6.45, 7) is 3.92. The first kappa shape index (κ1) is 18.5. The zero-order chi connectivity index (χ0) is 19.6. The molecular formula is C17H17N5O4S. The molecule has 1 heterocycles. The molecule has 0 saturated heterocycles. The number of nitro groups is 1. The molecule has 0 amide bonds. The highest BCUT2D eigenvalue weighted by molar-refractivity contribution is 7.92. The van der Waals surface area contributed by atoms with Crippen LogP contribution in [0.25, 0.3) is 11.3 Å². The summed E-state index contributed by atoms with van der Waals surface area (Å²) in [4.78, 5) is 10.1. The van der Waals surface area contributed by atoms with Gasteiger partial charge in [-0.05, 0) is 32.0 Å². The van der Waals surface area contributed by atoms with Crippen molar-refractivity contribution in [3.63, 3.8) is 0 Å². The molecule has 0 saturated carbocycles. The molecule has 3 aromatic rings. The van der Waals surface area contributed by atoms with Gasteiger partial charge in [0.1, 0.15) is 5.69 Å². The Bertz CT molecular complexity index is 1070. The first-order valence-electron chi connectivity index (χ1n) is 8.06. The van der Waals surface area contributed by atoms with Gasteiger partial charge < -0.3 is 0 Å². The number of aromatic nitrogens is 3. The van der Waals surface area contributed by atoms with E-state index in [1.54, 1.807) is 35.1 Å². The Morgan fingerprint density at radius 1 is 1.11 bits per heavy atom. The molecule has 10 heteroatoms. The van der Waals surface area contributed by atoms with E-state index < -0.39 is 14.9 Å². The number of non-ortho nitro benzene ring substituents is 1. The molecule has 0 fully saturated rings. The molecule has 0 bridgehead atoms. The van der Waals surface area contributed by atoms with Gasteiger partial charge in [0.2, 0.25) is 0 Å². The maximum Gasteiger partial charge on any atom is 0.269 e. The Labute approximate surface area is 155 Å². The number of rotatable bonds is 6. The second-order valence-electron chi connectivity index (χ2n) is 6.08. The summed E-state index contributed by atoms with van der Waals surface area (Å²) < 4.78 is 29.5. The van der Waals surface area contributed by atoms with Crippen LogP contribution in [0.4, 0.5) is 11.4 Å². The van der Waals surface area contributed by atoms with E-state index in [2.05, 4.69) is 15.0 Å². The number of nitrogens with one attached hydrogen (secondary N) is 1. The number of nitrogens with zero attached hydrogens (tertiary/aromatic N) is 4. The molecule has 0 aliphatic carbocycles. The van der Waals surface area contributed by atoms with Gasteiger partial charge in [-0.2, -0.15) is 0 Å². The minimum atomic E-state index is -3.92. The Balaban J connectivity index is 1.94. The monoisotopic (exact) mass is 387 g/mol. The highest BCUT2D eigenvalue weighted by Crippen LogP contribution is 2.28. The summed E-state index contributed by atoms with van der Waals surface area (Å²) in [5.41, 5.74) is 1.27. The van der Waals surface area contributed by atoms with Crippen molar-refractivity contribution in [2.75, 3.05) is 4.72 Å². The molecule has 27 heavy (non-hydrogen) atoms. The van der Waals surface area contributed by atoms with Gasteiger partial charge in [-0.15, -0.1) is 5.10 Å². The molecule has 0 aliphatic heterocycles. The van der Waals surface area contributed by atoms with Crippen molar-refractivity contribution < 1.29 is 13.3 Å². The second-order valence-corrected chi connectivity index (χ2v) is 7.76. The van der Waals surface area contributed by atoms with Crippen molar-refractivity contribution >= 4 is 21.4 Å². The lowest BCUT2D eigenvalue weighted by atomic mass is 10.1. The third-order valence-corrected chi connectivity index (χ3v) is 5.23. The fourth-order valence-corrected chi connectivity index (χ4v) is 3.48. The molecular weight excluding hydrogens is 370 g/mol. The fourth-order valence-electron chi connectivity index (χ4n) is 2.40. The van der Waals surface area contributed by atoms with Gasteiger partial charge in [-0.3, -0.25) is 14.8 Å². The second kappa shape index (κ2) is 7.16. The van der Waals surface area contributed by atoms with Crippen LogP contribution in [0.3, 0.4) is 0 Å². The molecule has 1 aromatic heterocycles. The molecule has 9 nitrogen and oxygen atoms in total. The van der Waals surface area contributed by atoms with Crippen molar-refractivity contribution in [3.05, 3.63) is 64.8 Å². The lowest BCUT2D eigenvalue weighted by Crippen LogP contribution is -2.13. The molecule has 2 aromatic carbocycles. The van der Waals surface area contributed by atoms with Crippen molar-refractivity contribution in [1.29, 1.82) is 0 Å². The highest BCUT2D eigenvalue weighted by atomic mass is 32.2. The van der Waals surface area contributed by atoms with Crippen LogP contribution in [0.15, 0.2) is 59.6 Å². The summed E-state index contributed by atoms with van der Waals surface area (Å²) in [5, 5.41) is 18.9. The zero-order valence-corrected chi connectivity index (χ0v) is 15.4. The molecule has 0 spiro atoms. The molecule has 140 valence electrons. The topological polar surface area (TPSA) is 120 Å². The van der Waals surface area contributed by atoms with Crippen LogP contribution in [-0.4, -0.2) is 28.3 Å². The van der Waals surface area contributed by atoms with E-state index in [4.69, 9.17) is 0 Å². The van der Waals surface area contributed by atoms with E-state index in [0.29, 0.717) is 16.9 Å². The number of para-hydroxylation sites is 1. The van der Waals surface area contributed by atoms with Crippen LogP contribution in [0, 0.1) is 10.1 Å². The molecule has 0 radical (unpaired) electrons. The molecule has 1 N–H and O–H groups in total. The average molecular weight is 387 g/mol. The maximum atomic E-state index is 12.7. The van der Waals surface area contributed by atoms with Gasteiger partial charge in [0.05, 0.1) is 21.7 Å². The lowest BCUT2D eigenvalue weighted by molar-refractivity contribution is -0.384.